The van der Waals surface area contributed by atoms with Crippen molar-refractivity contribution in [3.8, 4) is 0 Å². The van der Waals surface area contributed by atoms with Gasteiger partial charge in [-0.1, -0.05) is 30.3 Å². The molecule has 3 nitrogen and oxygen atoms in total. The Kier molecular flexibility index (Phi) is 6.89. The van der Waals surface area contributed by atoms with Crippen LogP contribution in [0.3, 0.4) is 0 Å². The van der Waals surface area contributed by atoms with E-state index in [0.717, 1.165) is 38.8 Å². The van der Waals surface area contributed by atoms with Gasteiger partial charge in [0.2, 0.25) is 5.91 Å². The van der Waals surface area contributed by atoms with Crippen molar-refractivity contribution in [1.82, 2.24) is 4.90 Å². The minimum absolute atomic E-state index is 0. The van der Waals surface area contributed by atoms with E-state index in [1.165, 1.54) is 5.56 Å². The van der Waals surface area contributed by atoms with Crippen LogP contribution in [0.25, 0.3) is 0 Å². The van der Waals surface area contributed by atoms with Gasteiger partial charge < -0.3 is 10.6 Å². The Labute approximate surface area is 121 Å². The standard InChI is InChI=1S/C15H22N2O.ClH/c16-14-9-5-11-17(12-14)15(18)10-4-8-13-6-2-1-3-7-13;/h1-3,6-7,14H,4-5,8-12,16H2;1H. The number of benzene rings is 1. The van der Waals surface area contributed by atoms with E-state index >= 15 is 0 Å². The molecule has 0 spiro atoms. The highest BCUT2D eigenvalue weighted by Gasteiger charge is 2.20. The molecule has 1 aliphatic heterocycles. The average molecular weight is 283 g/mol. The van der Waals surface area contributed by atoms with Gasteiger partial charge >= 0.3 is 0 Å². The number of likely N-dealkylation sites (tertiary alicyclic amines) is 1. The molecule has 1 aromatic carbocycles. The molecule has 0 aliphatic carbocycles. The summed E-state index contributed by atoms with van der Waals surface area (Å²) in [5.74, 6) is 0.265. The number of carbonyl (C=O) groups excluding carboxylic acids is 1. The van der Waals surface area contributed by atoms with Gasteiger partial charge in [-0.05, 0) is 31.2 Å². The third-order valence-electron chi connectivity index (χ3n) is 3.51. The number of halogens is 1. The molecule has 1 heterocycles. The summed E-state index contributed by atoms with van der Waals surface area (Å²) in [5.41, 5.74) is 7.19. The zero-order valence-electron chi connectivity index (χ0n) is 11.3. The molecule has 4 heteroatoms. The van der Waals surface area contributed by atoms with Crippen LogP contribution in [0.1, 0.15) is 31.2 Å². The summed E-state index contributed by atoms with van der Waals surface area (Å²) >= 11 is 0. The van der Waals surface area contributed by atoms with Crippen LogP contribution in [0.5, 0.6) is 0 Å². The second kappa shape index (κ2) is 8.18. The number of nitrogens with zero attached hydrogens (tertiary/aromatic N) is 1. The molecule has 1 aliphatic rings. The van der Waals surface area contributed by atoms with Crippen LogP contribution in [-0.2, 0) is 11.2 Å². The van der Waals surface area contributed by atoms with Crippen molar-refractivity contribution >= 4 is 18.3 Å². The molecule has 2 rings (SSSR count). The first kappa shape index (κ1) is 16.0. The summed E-state index contributed by atoms with van der Waals surface area (Å²) in [6.45, 7) is 1.63. The second-order valence-electron chi connectivity index (χ2n) is 5.08. The molecule has 1 aromatic rings. The van der Waals surface area contributed by atoms with E-state index in [9.17, 15) is 4.79 Å². The van der Waals surface area contributed by atoms with Crippen LogP contribution < -0.4 is 5.73 Å². The summed E-state index contributed by atoms with van der Waals surface area (Å²) in [6.07, 6.45) is 4.64. The van der Waals surface area contributed by atoms with Gasteiger partial charge in [0, 0.05) is 25.6 Å². The van der Waals surface area contributed by atoms with Crippen molar-refractivity contribution < 1.29 is 4.79 Å². The molecule has 2 N–H and O–H groups in total. The molecule has 1 atom stereocenters. The largest absolute Gasteiger partial charge is 0.341 e. The Bertz CT molecular complexity index is 383. The third kappa shape index (κ3) is 5.21. The minimum atomic E-state index is 0. The zero-order chi connectivity index (χ0) is 12.8. The third-order valence-corrected chi connectivity index (χ3v) is 3.51. The molecule has 106 valence electrons. The maximum atomic E-state index is 12.0. The molecule has 1 amide bonds. The lowest BCUT2D eigenvalue weighted by molar-refractivity contribution is -0.132. The normalized spacial score (nSPS) is 18.8. The van der Waals surface area contributed by atoms with Crippen LogP contribution in [0.4, 0.5) is 0 Å². The number of carbonyl (C=O) groups is 1. The zero-order valence-corrected chi connectivity index (χ0v) is 12.1. The van der Waals surface area contributed by atoms with Crippen molar-refractivity contribution in [2.45, 2.75) is 38.1 Å². The van der Waals surface area contributed by atoms with Crippen molar-refractivity contribution in [2.75, 3.05) is 13.1 Å². The molecular formula is C15H23ClN2O. The topological polar surface area (TPSA) is 46.3 Å². The van der Waals surface area contributed by atoms with Crippen molar-refractivity contribution in [3.63, 3.8) is 0 Å². The fraction of sp³-hybridized carbons (Fsp3) is 0.533. The Morgan fingerprint density at radius 2 is 2.05 bits per heavy atom. The molecule has 1 fully saturated rings. The Morgan fingerprint density at radius 3 is 2.74 bits per heavy atom. The van der Waals surface area contributed by atoms with E-state index in [1.807, 2.05) is 23.1 Å². The predicted molar refractivity (Wildman–Crippen MR) is 80.4 cm³/mol. The molecule has 19 heavy (non-hydrogen) atoms. The van der Waals surface area contributed by atoms with E-state index in [4.69, 9.17) is 5.73 Å². The van der Waals surface area contributed by atoms with Gasteiger partial charge in [0.05, 0.1) is 0 Å². The van der Waals surface area contributed by atoms with Crippen LogP contribution in [0, 0.1) is 0 Å². The quantitative estimate of drug-likeness (QED) is 0.922. The van der Waals surface area contributed by atoms with Gasteiger partial charge in [-0.15, -0.1) is 12.4 Å². The first-order valence-electron chi connectivity index (χ1n) is 6.83. The lowest BCUT2D eigenvalue weighted by atomic mass is 10.0. The summed E-state index contributed by atoms with van der Waals surface area (Å²) in [6, 6.07) is 10.5. The van der Waals surface area contributed by atoms with Gasteiger partial charge in [-0.25, -0.2) is 0 Å². The number of hydrogen-bond acceptors (Lipinski definition) is 2. The molecule has 1 unspecified atom stereocenters. The van der Waals surface area contributed by atoms with Gasteiger partial charge in [-0.3, -0.25) is 4.79 Å². The van der Waals surface area contributed by atoms with Crippen LogP contribution in [0.2, 0.25) is 0 Å². The fourth-order valence-corrected chi connectivity index (χ4v) is 2.48. The number of aryl methyl sites for hydroxylation is 1. The van der Waals surface area contributed by atoms with E-state index in [2.05, 4.69) is 12.1 Å². The Hall–Kier alpha value is -1.06. The number of amides is 1. The van der Waals surface area contributed by atoms with Gasteiger partial charge in [0.15, 0.2) is 0 Å². The SMILES string of the molecule is Cl.NC1CCCN(C(=O)CCCc2ccccc2)C1. The number of piperidine rings is 1. The second-order valence-corrected chi connectivity index (χ2v) is 5.08. The van der Waals surface area contributed by atoms with Gasteiger partial charge in [-0.2, -0.15) is 0 Å². The number of rotatable bonds is 4. The van der Waals surface area contributed by atoms with Crippen LogP contribution in [0.15, 0.2) is 30.3 Å². The lowest BCUT2D eigenvalue weighted by Crippen LogP contribution is -2.45. The van der Waals surface area contributed by atoms with E-state index in [1.54, 1.807) is 0 Å². The van der Waals surface area contributed by atoms with Gasteiger partial charge in [0.25, 0.3) is 0 Å². The maximum Gasteiger partial charge on any atom is 0.222 e. The first-order valence-corrected chi connectivity index (χ1v) is 6.83. The highest BCUT2D eigenvalue weighted by atomic mass is 35.5. The minimum Gasteiger partial charge on any atom is -0.341 e. The lowest BCUT2D eigenvalue weighted by Gasteiger charge is -2.30. The van der Waals surface area contributed by atoms with E-state index in [0.29, 0.717) is 6.42 Å². The summed E-state index contributed by atoms with van der Waals surface area (Å²) in [5, 5.41) is 0. The maximum absolute atomic E-state index is 12.0. The van der Waals surface area contributed by atoms with Crippen molar-refractivity contribution in [2.24, 2.45) is 5.73 Å². The number of hydrogen-bond donors (Lipinski definition) is 1. The predicted octanol–water partition coefficient (Wildman–Crippen LogP) is 2.38. The van der Waals surface area contributed by atoms with Crippen LogP contribution >= 0.6 is 12.4 Å². The van der Waals surface area contributed by atoms with E-state index < -0.39 is 0 Å². The molecule has 0 saturated carbocycles. The molecule has 1 saturated heterocycles. The van der Waals surface area contributed by atoms with Gasteiger partial charge in [0.1, 0.15) is 0 Å². The highest BCUT2D eigenvalue weighted by molar-refractivity contribution is 5.85. The fourth-order valence-electron chi connectivity index (χ4n) is 2.48. The molecule has 0 aromatic heterocycles. The average Bonchev–Trinajstić information content (AvgIpc) is 2.40. The molecule has 0 radical (unpaired) electrons. The summed E-state index contributed by atoms with van der Waals surface area (Å²) < 4.78 is 0. The monoisotopic (exact) mass is 282 g/mol. The number of nitrogens with two attached hydrogens (primary N) is 1. The summed E-state index contributed by atoms with van der Waals surface area (Å²) in [7, 11) is 0. The summed E-state index contributed by atoms with van der Waals surface area (Å²) in [4.78, 5) is 13.9. The molecular weight excluding hydrogens is 260 g/mol. The Morgan fingerprint density at radius 1 is 1.32 bits per heavy atom. The van der Waals surface area contributed by atoms with Crippen LogP contribution in [-0.4, -0.2) is 29.9 Å². The first-order chi connectivity index (χ1) is 8.75. The smallest absolute Gasteiger partial charge is 0.222 e. The Balaban J connectivity index is 0.00000180. The highest BCUT2D eigenvalue weighted by Crippen LogP contribution is 2.11. The van der Waals surface area contributed by atoms with Crippen molar-refractivity contribution in [1.29, 1.82) is 0 Å². The van der Waals surface area contributed by atoms with Crippen molar-refractivity contribution in [3.05, 3.63) is 35.9 Å². The molecule has 0 bridgehead atoms. The van der Waals surface area contributed by atoms with E-state index in [-0.39, 0.29) is 24.4 Å².